The minimum absolute atomic E-state index is 0.451. The van der Waals surface area contributed by atoms with E-state index in [1.807, 2.05) is 37.3 Å². The van der Waals surface area contributed by atoms with Gasteiger partial charge in [-0.25, -0.2) is 4.98 Å². The average molecular weight is 293 g/mol. The molecule has 0 aliphatic rings. The van der Waals surface area contributed by atoms with Gasteiger partial charge in [0.2, 0.25) is 0 Å². The number of halogens is 1. The van der Waals surface area contributed by atoms with Crippen molar-refractivity contribution in [1.29, 1.82) is 0 Å². The normalized spacial score (nSPS) is 10.2. The number of hydrogen-bond acceptors (Lipinski definition) is 4. The molecule has 0 aliphatic heterocycles. The number of pyridine rings is 1. The minimum Gasteiger partial charge on any atom is -0.493 e. The molecule has 0 spiro atoms. The molecular formula is C15H17ClN2O2. The third-order valence-corrected chi connectivity index (χ3v) is 3.09. The van der Waals surface area contributed by atoms with Crippen LogP contribution in [0.2, 0.25) is 5.15 Å². The standard InChI is InChI=1S/C15H17ClN2O2/c1-3-20-13-8-4-6-11(14(13)19-2)10-18-12-7-5-9-17-15(12)16/h4-9,18H,3,10H2,1-2H3. The van der Waals surface area contributed by atoms with Crippen LogP contribution in [0.5, 0.6) is 11.5 Å². The second-order valence-corrected chi connectivity index (χ2v) is 4.43. The van der Waals surface area contributed by atoms with Crippen LogP contribution in [0.1, 0.15) is 12.5 Å². The highest BCUT2D eigenvalue weighted by molar-refractivity contribution is 6.31. The number of nitrogens with zero attached hydrogens (tertiary/aromatic N) is 1. The fraction of sp³-hybridized carbons (Fsp3) is 0.267. The molecule has 106 valence electrons. The van der Waals surface area contributed by atoms with Gasteiger partial charge in [-0.15, -0.1) is 0 Å². The van der Waals surface area contributed by atoms with Crippen LogP contribution < -0.4 is 14.8 Å². The topological polar surface area (TPSA) is 43.4 Å². The molecule has 1 N–H and O–H groups in total. The summed E-state index contributed by atoms with van der Waals surface area (Å²) in [6.07, 6.45) is 1.66. The van der Waals surface area contributed by atoms with Crippen LogP contribution in [-0.4, -0.2) is 18.7 Å². The van der Waals surface area contributed by atoms with Crippen molar-refractivity contribution in [2.45, 2.75) is 13.5 Å². The SMILES string of the molecule is CCOc1cccc(CNc2cccnc2Cl)c1OC. The lowest BCUT2D eigenvalue weighted by atomic mass is 10.2. The van der Waals surface area contributed by atoms with Gasteiger partial charge in [-0.1, -0.05) is 23.7 Å². The zero-order chi connectivity index (χ0) is 14.4. The summed E-state index contributed by atoms with van der Waals surface area (Å²) in [5.74, 6) is 1.48. The summed E-state index contributed by atoms with van der Waals surface area (Å²) in [5.41, 5.74) is 1.79. The fourth-order valence-corrected chi connectivity index (χ4v) is 2.10. The van der Waals surface area contributed by atoms with Crippen LogP contribution in [0.15, 0.2) is 36.5 Å². The summed E-state index contributed by atoms with van der Waals surface area (Å²) in [7, 11) is 1.64. The molecule has 1 aromatic carbocycles. The minimum atomic E-state index is 0.451. The lowest BCUT2D eigenvalue weighted by molar-refractivity contribution is 0.309. The van der Waals surface area contributed by atoms with E-state index in [1.165, 1.54) is 0 Å². The van der Waals surface area contributed by atoms with Crippen LogP contribution in [0.25, 0.3) is 0 Å². The van der Waals surface area contributed by atoms with Crippen LogP contribution in [-0.2, 0) is 6.54 Å². The molecule has 0 unspecified atom stereocenters. The third kappa shape index (κ3) is 3.33. The van der Waals surface area contributed by atoms with Gasteiger partial charge >= 0.3 is 0 Å². The monoisotopic (exact) mass is 292 g/mol. The third-order valence-electron chi connectivity index (χ3n) is 2.79. The van der Waals surface area contributed by atoms with Crippen molar-refractivity contribution in [3.05, 3.63) is 47.2 Å². The summed E-state index contributed by atoms with van der Waals surface area (Å²) in [6, 6.07) is 9.53. The van der Waals surface area contributed by atoms with E-state index >= 15 is 0 Å². The zero-order valence-corrected chi connectivity index (χ0v) is 12.3. The number of methoxy groups -OCH3 is 1. The van der Waals surface area contributed by atoms with Crippen molar-refractivity contribution in [2.24, 2.45) is 0 Å². The number of para-hydroxylation sites is 1. The average Bonchev–Trinajstić information content (AvgIpc) is 2.47. The van der Waals surface area contributed by atoms with E-state index in [0.717, 1.165) is 22.7 Å². The molecule has 0 radical (unpaired) electrons. The van der Waals surface area contributed by atoms with Gasteiger partial charge in [0.25, 0.3) is 0 Å². The highest BCUT2D eigenvalue weighted by Crippen LogP contribution is 2.31. The molecular weight excluding hydrogens is 276 g/mol. The molecule has 0 fully saturated rings. The first kappa shape index (κ1) is 14.5. The number of benzene rings is 1. The number of aromatic nitrogens is 1. The van der Waals surface area contributed by atoms with Crippen molar-refractivity contribution >= 4 is 17.3 Å². The Balaban J connectivity index is 2.17. The maximum absolute atomic E-state index is 6.02. The van der Waals surface area contributed by atoms with Gasteiger partial charge in [-0.3, -0.25) is 0 Å². The Morgan fingerprint density at radius 2 is 2.10 bits per heavy atom. The van der Waals surface area contributed by atoms with E-state index in [9.17, 15) is 0 Å². The predicted molar refractivity (Wildman–Crippen MR) is 80.7 cm³/mol. The van der Waals surface area contributed by atoms with E-state index in [4.69, 9.17) is 21.1 Å². The second kappa shape index (κ2) is 7.01. The van der Waals surface area contributed by atoms with E-state index in [1.54, 1.807) is 13.3 Å². The van der Waals surface area contributed by atoms with Crippen molar-refractivity contribution in [1.82, 2.24) is 4.98 Å². The first-order valence-corrected chi connectivity index (χ1v) is 6.77. The molecule has 0 bridgehead atoms. The van der Waals surface area contributed by atoms with Crippen LogP contribution in [0, 0.1) is 0 Å². The first-order valence-electron chi connectivity index (χ1n) is 6.39. The van der Waals surface area contributed by atoms with Crippen LogP contribution in [0.4, 0.5) is 5.69 Å². The summed E-state index contributed by atoms with van der Waals surface area (Å²) in [6.45, 7) is 3.12. The highest BCUT2D eigenvalue weighted by Gasteiger charge is 2.10. The van der Waals surface area contributed by atoms with Crippen molar-refractivity contribution < 1.29 is 9.47 Å². The largest absolute Gasteiger partial charge is 0.493 e. The Labute approximate surface area is 123 Å². The molecule has 20 heavy (non-hydrogen) atoms. The predicted octanol–water partition coefficient (Wildman–Crippen LogP) is 3.75. The summed E-state index contributed by atoms with van der Waals surface area (Å²) >= 11 is 6.02. The highest BCUT2D eigenvalue weighted by atomic mass is 35.5. The molecule has 2 rings (SSSR count). The Morgan fingerprint density at radius 3 is 2.80 bits per heavy atom. The van der Waals surface area contributed by atoms with E-state index < -0.39 is 0 Å². The number of hydrogen-bond donors (Lipinski definition) is 1. The molecule has 0 atom stereocenters. The molecule has 0 saturated heterocycles. The maximum Gasteiger partial charge on any atom is 0.165 e. The summed E-state index contributed by atoms with van der Waals surface area (Å²) in [5, 5.41) is 3.69. The van der Waals surface area contributed by atoms with Gasteiger partial charge in [-0.05, 0) is 25.1 Å². The Morgan fingerprint density at radius 1 is 1.25 bits per heavy atom. The quantitative estimate of drug-likeness (QED) is 0.824. The van der Waals surface area contributed by atoms with Crippen LogP contribution in [0.3, 0.4) is 0 Å². The maximum atomic E-state index is 6.02. The Bertz CT molecular complexity index is 576. The summed E-state index contributed by atoms with van der Waals surface area (Å²) < 4.78 is 11.0. The molecule has 0 amide bonds. The lowest BCUT2D eigenvalue weighted by Gasteiger charge is -2.14. The van der Waals surface area contributed by atoms with E-state index in [-0.39, 0.29) is 0 Å². The van der Waals surface area contributed by atoms with Gasteiger partial charge in [0.05, 0.1) is 19.4 Å². The van der Waals surface area contributed by atoms with E-state index in [2.05, 4.69) is 10.3 Å². The van der Waals surface area contributed by atoms with Crippen LogP contribution >= 0.6 is 11.6 Å². The lowest BCUT2D eigenvalue weighted by Crippen LogP contribution is -2.04. The molecule has 0 aliphatic carbocycles. The summed E-state index contributed by atoms with van der Waals surface area (Å²) in [4.78, 5) is 4.03. The van der Waals surface area contributed by atoms with Crippen molar-refractivity contribution in [3.63, 3.8) is 0 Å². The molecule has 0 saturated carbocycles. The zero-order valence-electron chi connectivity index (χ0n) is 11.5. The van der Waals surface area contributed by atoms with Crippen molar-refractivity contribution in [2.75, 3.05) is 19.0 Å². The van der Waals surface area contributed by atoms with Gasteiger partial charge in [0, 0.05) is 18.3 Å². The number of ether oxygens (including phenoxy) is 2. The van der Waals surface area contributed by atoms with Gasteiger partial charge < -0.3 is 14.8 Å². The van der Waals surface area contributed by atoms with Gasteiger partial charge in [0.1, 0.15) is 0 Å². The van der Waals surface area contributed by atoms with Gasteiger partial charge in [0.15, 0.2) is 16.7 Å². The molecule has 4 nitrogen and oxygen atoms in total. The number of anilines is 1. The second-order valence-electron chi connectivity index (χ2n) is 4.08. The Hall–Kier alpha value is -1.94. The first-order chi connectivity index (χ1) is 9.76. The molecule has 2 aromatic rings. The molecule has 1 aromatic heterocycles. The molecule has 5 heteroatoms. The fourth-order valence-electron chi connectivity index (χ4n) is 1.91. The molecule has 1 heterocycles. The Kier molecular flexibility index (Phi) is 5.07. The van der Waals surface area contributed by atoms with E-state index in [0.29, 0.717) is 18.3 Å². The smallest absolute Gasteiger partial charge is 0.165 e. The van der Waals surface area contributed by atoms with Crippen molar-refractivity contribution in [3.8, 4) is 11.5 Å². The van der Waals surface area contributed by atoms with Gasteiger partial charge in [-0.2, -0.15) is 0 Å². The number of rotatable bonds is 6. The number of nitrogens with one attached hydrogen (secondary N) is 1.